The van der Waals surface area contributed by atoms with Gasteiger partial charge in [-0.1, -0.05) is 19.1 Å². The Morgan fingerprint density at radius 1 is 1.10 bits per heavy atom. The average molecular weight is 434 g/mol. The molecule has 7 heteroatoms. The van der Waals surface area contributed by atoms with Crippen LogP contribution < -0.4 is 16.0 Å². The molecular formula is C24H27N5OS. The van der Waals surface area contributed by atoms with Gasteiger partial charge in [-0.3, -0.25) is 14.8 Å². The highest BCUT2D eigenvalue weighted by Crippen LogP contribution is 2.29. The van der Waals surface area contributed by atoms with Gasteiger partial charge in [0.15, 0.2) is 6.17 Å². The van der Waals surface area contributed by atoms with Gasteiger partial charge in [0, 0.05) is 36.6 Å². The standard InChI is InChI=1S/C24H27N5OS/c1-3-28-10-12-29(13-11-28)24(30)22-15-17-14-18(8-9-21(17)31-22)25-16(2)23-26-19-6-4-5-7-20(19)27-23/h4-9,14-16,23,25H,3,10-13H2,1-2H3. The van der Waals surface area contributed by atoms with E-state index in [4.69, 9.17) is 9.98 Å². The van der Waals surface area contributed by atoms with Crippen molar-refractivity contribution >= 4 is 33.0 Å². The molecule has 0 spiro atoms. The molecule has 1 N–H and O–H groups in total. The third-order valence-corrected chi connectivity index (χ3v) is 7.20. The van der Waals surface area contributed by atoms with Crippen LogP contribution in [0.25, 0.3) is 10.1 Å². The van der Waals surface area contributed by atoms with E-state index in [0.29, 0.717) is 0 Å². The molecule has 3 heterocycles. The Morgan fingerprint density at radius 2 is 1.81 bits per heavy atom. The van der Waals surface area contributed by atoms with Crippen molar-refractivity contribution in [2.75, 3.05) is 38.0 Å². The maximum absolute atomic E-state index is 13.0. The van der Waals surface area contributed by atoms with Crippen molar-refractivity contribution in [3.63, 3.8) is 0 Å². The van der Waals surface area contributed by atoms with E-state index in [1.54, 1.807) is 11.3 Å². The zero-order chi connectivity index (χ0) is 21.4. The fraction of sp³-hybridized carbons (Fsp3) is 0.375. The van der Waals surface area contributed by atoms with Crippen LogP contribution in [0.2, 0.25) is 0 Å². The van der Waals surface area contributed by atoms with Crippen LogP contribution in [0.3, 0.4) is 0 Å². The monoisotopic (exact) mass is 433 g/mol. The van der Waals surface area contributed by atoms with Crippen LogP contribution in [0.4, 0.5) is 5.69 Å². The summed E-state index contributed by atoms with van der Waals surface area (Å²) >= 11 is 1.58. The summed E-state index contributed by atoms with van der Waals surface area (Å²) in [5, 5.41) is 6.55. The Hall–Kier alpha value is -2.77. The van der Waals surface area contributed by atoms with Gasteiger partial charge < -0.3 is 15.1 Å². The molecule has 6 nitrogen and oxygen atoms in total. The molecule has 0 radical (unpaired) electrons. The largest absolute Gasteiger partial charge is 0.378 e. The predicted octanol–water partition coefficient (Wildman–Crippen LogP) is 2.76. The number of likely N-dealkylation sites (N-methyl/N-ethyl adjacent to an activating group) is 1. The van der Waals surface area contributed by atoms with E-state index in [0.717, 1.165) is 64.1 Å². The number of anilines is 1. The first-order valence-electron chi connectivity index (χ1n) is 10.9. The molecule has 0 saturated carbocycles. The number of hydrogen-bond acceptors (Lipinski definition) is 6. The number of rotatable bonds is 5. The van der Waals surface area contributed by atoms with Crippen LogP contribution in [-0.4, -0.2) is 60.6 Å². The summed E-state index contributed by atoms with van der Waals surface area (Å²) in [6.45, 7) is 8.85. The molecule has 5 rings (SSSR count). The summed E-state index contributed by atoms with van der Waals surface area (Å²) in [5.74, 6) is 0.154. The highest BCUT2D eigenvalue weighted by molar-refractivity contribution is 7.20. The summed E-state index contributed by atoms with van der Waals surface area (Å²) in [7, 11) is 0. The van der Waals surface area contributed by atoms with Crippen molar-refractivity contribution in [2.24, 2.45) is 9.98 Å². The summed E-state index contributed by atoms with van der Waals surface area (Å²) in [5.41, 5.74) is 1.02. The minimum absolute atomic E-state index is 0.0689. The van der Waals surface area contributed by atoms with E-state index >= 15 is 0 Å². The molecule has 3 aromatic rings. The lowest BCUT2D eigenvalue weighted by Gasteiger charge is -2.33. The number of piperazine rings is 1. The van der Waals surface area contributed by atoms with E-state index in [2.05, 4.69) is 42.3 Å². The number of hydrogen-bond donors (Lipinski definition) is 1. The van der Waals surface area contributed by atoms with Gasteiger partial charge in [-0.25, -0.2) is 0 Å². The molecule has 1 saturated heterocycles. The summed E-state index contributed by atoms with van der Waals surface area (Å²) < 4.78 is 1.14. The maximum Gasteiger partial charge on any atom is 0.264 e. The lowest BCUT2D eigenvalue weighted by atomic mass is 10.2. The third kappa shape index (κ3) is 4.07. The highest BCUT2D eigenvalue weighted by Gasteiger charge is 2.23. The Kier molecular flexibility index (Phi) is 5.46. The summed E-state index contributed by atoms with van der Waals surface area (Å²) in [6, 6.07) is 16.4. The fourth-order valence-corrected chi connectivity index (χ4v) is 5.23. The number of benzene rings is 2. The number of amides is 1. The maximum atomic E-state index is 13.0. The van der Waals surface area contributed by atoms with Gasteiger partial charge in [-0.2, -0.15) is 0 Å². The van der Waals surface area contributed by atoms with Crippen molar-refractivity contribution in [1.82, 2.24) is 9.80 Å². The lowest BCUT2D eigenvalue weighted by molar-refractivity contribution is 0.0648. The van der Waals surface area contributed by atoms with Crippen LogP contribution in [0, 0.1) is 0 Å². The number of carbonyl (C=O) groups is 1. The number of nitrogens with one attached hydrogen (secondary N) is 1. The van der Waals surface area contributed by atoms with Crippen molar-refractivity contribution in [2.45, 2.75) is 26.1 Å². The van der Waals surface area contributed by atoms with Crippen molar-refractivity contribution < 1.29 is 4.79 Å². The Bertz CT molecular complexity index is 1190. The molecule has 2 aromatic carbocycles. The van der Waals surface area contributed by atoms with Gasteiger partial charge in [-0.05, 0) is 55.3 Å². The van der Waals surface area contributed by atoms with Gasteiger partial charge in [0.05, 0.1) is 21.6 Å². The second-order valence-electron chi connectivity index (χ2n) is 8.18. The minimum atomic E-state index is -0.130. The minimum Gasteiger partial charge on any atom is -0.378 e. The molecule has 160 valence electrons. The number of carbonyl (C=O) groups excluding carboxylic acids is 1. The molecule has 1 amide bonds. The zero-order valence-electron chi connectivity index (χ0n) is 17.9. The Labute approximate surface area is 185 Å². The van der Waals surface area contributed by atoms with Crippen LogP contribution in [-0.2, 0) is 0 Å². The van der Waals surface area contributed by atoms with E-state index in [9.17, 15) is 4.79 Å². The van der Waals surface area contributed by atoms with Crippen molar-refractivity contribution in [3.8, 4) is 0 Å². The van der Waals surface area contributed by atoms with Crippen LogP contribution >= 0.6 is 11.3 Å². The number of fused-ring (bicyclic) bond motifs is 2. The van der Waals surface area contributed by atoms with E-state index in [1.165, 1.54) is 0 Å². The molecule has 1 aromatic heterocycles. The first-order valence-corrected chi connectivity index (χ1v) is 11.7. The van der Waals surface area contributed by atoms with E-state index in [1.807, 2.05) is 35.2 Å². The van der Waals surface area contributed by atoms with Gasteiger partial charge in [-0.15, -0.1) is 11.3 Å². The van der Waals surface area contributed by atoms with E-state index in [-0.39, 0.29) is 18.1 Å². The first-order chi connectivity index (χ1) is 15.1. The molecule has 1 atom stereocenters. The van der Waals surface area contributed by atoms with E-state index < -0.39 is 0 Å². The van der Waals surface area contributed by atoms with Crippen molar-refractivity contribution in [3.05, 3.63) is 64.1 Å². The smallest absolute Gasteiger partial charge is 0.264 e. The second kappa shape index (κ2) is 8.40. The zero-order valence-corrected chi connectivity index (χ0v) is 18.7. The molecule has 2 aliphatic heterocycles. The quantitative estimate of drug-likeness (QED) is 0.673. The molecule has 0 bridgehead atoms. The van der Waals surface area contributed by atoms with Crippen LogP contribution in [0.5, 0.6) is 0 Å². The number of para-hydroxylation sites is 2. The molecule has 1 unspecified atom stereocenters. The molecule has 0 aliphatic carbocycles. The topological polar surface area (TPSA) is 60.3 Å². The number of nitrogens with zero attached hydrogens (tertiary/aromatic N) is 4. The second-order valence-corrected chi connectivity index (χ2v) is 9.27. The lowest BCUT2D eigenvalue weighted by Crippen LogP contribution is -2.48. The summed E-state index contributed by atoms with van der Waals surface area (Å²) in [6.07, 6.45) is -0.130. The number of thiophene rings is 1. The summed E-state index contributed by atoms with van der Waals surface area (Å²) in [4.78, 5) is 27.6. The third-order valence-electron chi connectivity index (χ3n) is 6.10. The van der Waals surface area contributed by atoms with Crippen molar-refractivity contribution in [1.29, 1.82) is 0 Å². The van der Waals surface area contributed by atoms with Gasteiger partial charge in [0.25, 0.3) is 5.91 Å². The molecular weight excluding hydrogens is 406 g/mol. The normalized spacial score (nSPS) is 17.8. The Morgan fingerprint density at radius 3 is 2.48 bits per heavy atom. The molecule has 2 aliphatic rings. The predicted molar refractivity (Wildman–Crippen MR) is 125 cm³/mol. The van der Waals surface area contributed by atoms with Gasteiger partial charge >= 0.3 is 0 Å². The first kappa shape index (κ1) is 20.2. The van der Waals surface area contributed by atoms with Gasteiger partial charge in [0.1, 0.15) is 0 Å². The molecule has 31 heavy (non-hydrogen) atoms. The SMILES string of the molecule is CCN1CCN(C(=O)c2cc3cc(NC(C)C4N=c5ccccc5=N4)ccc3s2)CC1. The molecule has 1 fully saturated rings. The fourth-order valence-electron chi connectivity index (χ4n) is 4.22. The Balaban J connectivity index is 1.29. The van der Waals surface area contributed by atoms with Gasteiger partial charge in [0.2, 0.25) is 0 Å². The van der Waals surface area contributed by atoms with Crippen LogP contribution in [0.15, 0.2) is 58.5 Å². The van der Waals surface area contributed by atoms with Crippen LogP contribution in [0.1, 0.15) is 23.5 Å². The average Bonchev–Trinajstić information content (AvgIpc) is 3.42. The highest BCUT2D eigenvalue weighted by atomic mass is 32.1.